The van der Waals surface area contributed by atoms with Gasteiger partial charge in [0, 0.05) is 25.3 Å². The molecule has 0 heterocycles. The first-order chi connectivity index (χ1) is 18.1. The highest BCUT2D eigenvalue weighted by Gasteiger charge is 2.62. The molecule has 3 aromatic rings. The van der Waals surface area contributed by atoms with Gasteiger partial charge in [-0.15, -0.1) is 0 Å². The summed E-state index contributed by atoms with van der Waals surface area (Å²) in [6, 6.07) is 23.3. The Kier molecular flexibility index (Phi) is 9.49. The van der Waals surface area contributed by atoms with Gasteiger partial charge in [0.15, 0.2) is 0 Å². The Hall–Kier alpha value is -3.89. The van der Waals surface area contributed by atoms with Gasteiger partial charge in [0.25, 0.3) is 0 Å². The van der Waals surface area contributed by atoms with Crippen LogP contribution in [0.5, 0.6) is 0 Å². The van der Waals surface area contributed by atoms with Crippen LogP contribution >= 0.6 is 0 Å². The van der Waals surface area contributed by atoms with Crippen LogP contribution in [0.15, 0.2) is 84.9 Å². The van der Waals surface area contributed by atoms with Gasteiger partial charge in [-0.1, -0.05) is 72.8 Å². The van der Waals surface area contributed by atoms with E-state index in [9.17, 15) is 27.9 Å². The third-order valence-corrected chi connectivity index (χ3v) is 6.25. The van der Waals surface area contributed by atoms with Crippen molar-refractivity contribution in [1.29, 1.82) is 0 Å². The van der Waals surface area contributed by atoms with Gasteiger partial charge in [0.1, 0.15) is 6.04 Å². The van der Waals surface area contributed by atoms with Crippen molar-refractivity contribution < 1.29 is 32.6 Å². The number of benzene rings is 3. The van der Waals surface area contributed by atoms with Gasteiger partial charge in [-0.25, -0.2) is 4.79 Å². The van der Waals surface area contributed by atoms with E-state index in [1.165, 1.54) is 19.2 Å². The molecule has 2 atom stereocenters. The van der Waals surface area contributed by atoms with Gasteiger partial charge in [-0.05, 0) is 35.9 Å². The van der Waals surface area contributed by atoms with Gasteiger partial charge in [0.05, 0.1) is 7.11 Å². The van der Waals surface area contributed by atoms with E-state index < -0.39 is 41.8 Å². The summed E-state index contributed by atoms with van der Waals surface area (Å²) in [7, 11) is 2.46. The molecule has 0 aromatic heterocycles. The van der Waals surface area contributed by atoms with Crippen LogP contribution in [0.3, 0.4) is 0 Å². The lowest BCUT2D eigenvalue weighted by molar-refractivity contribution is -0.214. The number of carbonyl (C=O) groups is 2. The zero-order valence-electron chi connectivity index (χ0n) is 21.0. The maximum absolute atomic E-state index is 14.4. The van der Waals surface area contributed by atoms with Crippen LogP contribution in [0.2, 0.25) is 0 Å². The number of halogens is 3. The van der Waals surface area contributed by atoms with Crippen LogP contribution in [0.4, 0.5) is 18.9 Å². The Morgan fingerprint density at radius 1 is 0.895 bits per heavy atom. The summed E-state index contributed by atoms with van der Waals surface area (Å²) in [6.07, 6.45) is -5.22. The number of likely N-dealkylation sites (N-methyl/N-ethyl adjacent to an activating group) is 1. The highest BCUT2D eigenvalue weighted by molar-refractivity contribution is 5.83. The van der Waals surface area contributed by atoms with Crippen molar-refractivity contribution in [2.45, 2.75) is 30.8 Å². The Balaban J connectivity index is 1.98. The fourth-order valence-corrected chi connectivity index (χ4v) is 4.16. The number of esters is 1. The lowest BCUT2D eigenvalue weighted by atomic mass is 9.88. The predicted octanol–water partition coefficient (Wildman–Crippen LogP) is 4.09. The molecular weight excluding hydrogens is 499 g/mol. The highest BCUT2D eigenvalue weighted by atomic mass is 19.4. The number of anilines is 1. The number of carboxylic acid groups (broad SMARTS) is 1. The van der Waals surface area contributed by atoms with Crippen molar-refractivity contribution in [2.75, 3.05) is 25.6 Å². The number of alkyl halides is 3. The monoisotopic (exact) mass is 529 g/mol. The van der Waals surface area contributed by atoms with Gasteiger partial charge in [0.2, 0.25) is 5.54 Å². The van der Waals surface area contributed by atoms with Crippen LogP contribution in [0.1, 0.15) is 16.7 Å². The third kappa shape index (κ3) is 6.51. The number of carbonyl (C=O) groups excluding carboxylic acids is 1. The summed E-state index contributed by atoms with van der Waals surface area (Å²) in [5.41, 5.74) is -1.33. The molecule has 3 N–H and O–H groups in total. The van der Waals surface area contributed by atoms with E-state index in [0.29, 0.717) is 18.8 Å². The molecule has 0 aliphatic rings. The molecule has 0 saturated heterocycles. The number of carboxylic acids is 1. The first-order valence-corrected chi connectivity index (χ1v) is 11.9. The van der Waals surface area contributed by atoms with Crippen molar-refractivity contribution in [3.8, 4) is 0 Å². The maximum atomic E-state index is 14.4. The lowest BCUT2D eigenvalue weighted by Gasteiger charge is -2.34. The summed E-state index contributed by atoms with van der Waals surface area (Å²) in [5.74, 6) is -2.96. The van der Waals surface area contributed by atoms with E-state index >= 15 is 0 Å². The molecular formula is C28H30F3N3O4. The summed E-state index contributed by atoms with van der Waals surface area (Å²) >= 11 is 0. The lowest BCUT2D eigenvalue weighted by Crippen LogP contribution is -2.62. The summed E-state index contributed by atoms with van der Waals surface area (Å²) < 4.78 is 47.8. The minimum atomic E-state index is -5.22. The van der Waals surface area contributed by atoms with Gasteiger partial charge in [-0.3, -0.25) is 10.1 Å². The van der Waals surface area contributed by atoms with Crippen LogP contribution < -0.4 is 15.5 Å². The summed E-state index contributed by atoms with van der Waals surface area (Å²) in [6.45, 7) is 0.337. The van der Waals surface area contributed by atoms with Crippen molar-refractivity contribution in [1.82, 2.24) is 10.6 Å². The van der Waals surface area contributed by atoms with Crippen molar-refractivity contribution in [3.05, 3.63) is 102 Å². The molecule has 38 heavy (non-hydrogen) atoms. The highest BCUT2D eigenvalue weighted by Crippen LogP contribution is 2.40. The normalized spacial score (nSPS) is 13.8. The van der Waals surface area contributed by atoms with Gasteiger partial charge >= 0.3 is 18.1 Å². The molecule has 0 aliphatic heterocycles. The Labute approximate surface area is 219 Å². The second-order valence-corrected chi connectivity index (χ2v) is 8.67. The van der Waals surface area contributed by atoms with Crippen LogP contribution in [-0.4, -0.2) is 50.0 Å². The Bertz CT molecular complexity index is 1150. The molecule has 0 aliphatic carbocycles. The topological polar surface area (TPSA) is 90.9 Å². The largest absolute Gasteiger partial charge is 0.479 e. The standard InChI is InChI=1S/C28H30F3N3O4/c1-32-24(25(35)38-2)17-33-27(26(36)37,28(29,30)31)22-13-15-23(16-14-22)34(18-20-9-5-3-6-10-20)19-21-11-7-4-8-12-21/h3-16,24,32-33H,17-19H2,1-2H3,(H,36,37)/t24-,27?/m0/s1. The van der Waals surface area contributed by atoms with E-state index in [2.05, 4.69) is 15.4 Å². The zero-order valence-corrected chi connectivity index (χ0v) is 21.0. The molecule has 7 nitrogen and oxygen atoms in total. The quantitative estimate of drug-likeness (QED) is 0.305. The van der Waals surface area contributed by atoms with E-state index in [0.717, 1.165) is 30.4 Å². The Morgan fingerprint density at radius 2 is 1.39 bits per heavy atom. The van der Waals surface area contributed by atoms with Gasteiger partial charge in [-0.2, -0.15) is 13.2 Å². The van der Waals surface area contributed by atoms with Crippen molar-refractivity contribution in [3.63, 3.8) is 0 Å². The second-order valence-electron chi connectivity index (χ2n) is 8.67. The first kappa shape index (κ1) is 28.7. The maximum Gasteiger partial charge on any atom is 0.421 e. The average molecular weight is 530 g/mol. The van der Waals surface area contributed by atoms with E-state index in [1.807, 2.05) is 65.6 Å². The number of nitrogens with one attached hydrogen (secondary N) is 2. The molecule has 10 heteroatoms. The van der Waals surface area contributed by atoms with Crippen LogP contribution in [0, 0.1) is 0 Å². The number of rotatable bonds is 12. The molecule has 0 fully saturated rings. The minimum Gasteiger partial charge on any atom is -0.479 e. The molecule has 202 valence electrons. The smallest absolute Gasteiger partial charge is 0.421 e. The number of methoxy groups -OCH3 is 1. The molecule has 0 radical (unpaired) electrons. The number of ether oxygens (including phenoxy) is 1. The van der Waals surface area contributed by atoms with Gasteiger partial charge < -0.3 is 20.1 Å². The number of aliphatic carboxylic acids is 1. The van der Waals surface area contributed by atoms with Crippen molar-refractivity contribution >= 4 is 17.6 Å². The number of nitrogens with zero attached hydrogens (tertiary/aromatic N) is 1. The summed E-state index contributed by atoms with van der Waals surface area (Å²) in [4.78, 5) is 26.0. The minimum absolute atomic E-state index is 0.486. The summed E-state index contributed by atoms with van der Waals surface area (Å²) in [5, 5.41) is 14.4. The van der Waals surface area contributed by atoms with E-state index in [1.54, 1.807) is 0 Å². The zero-order chi connectivity index (χ0) is 27.8. The fourth-order valence-electron chi connectivity index (χ4n) is 4.16. The number of hydrogen-bond acceptors (Lipinski definition) is 6. The molecule has 3 rings (SSSR count). The Morgan fingerprint density at radius 3 is 1.79 bits per heavy atom. The molecule has 0 amide bonds. The molecule has 1 unspecified atom stereocenters. The average Bonchev–Trinajstić information content (AvgIpc) is 2.91. The van der Waals surface area contributed by atoms with Crippen LogP contribution in [-0.2, 0) is 33.0 Å². The number of hydrogen-bond donors (Lipinski definition) is 3. The van der Waals surface area contributed by atoms with E-state index in [4.69, 9.17) is 0 Å². The molecule has 0 bridgehead atoms. The predicted molar refractivity (Wildman–Crippen MR) is 137 cm³/mol. The first-order valence-electron chi connectivity index (χ1n) is 11.9. The molecule has 0 saturated carbocycles. The van der Waals surface area contributed by atoms with Crippen molar-refractivity contribution in [2.24, 2.45) is 0 Å². The third-order valence-electron chi connectivity index (χ3n) is 6.25. The fraction of sp³-hybridized carbons (Fsp3) is 0.286. The van der Waals surface area contributed by atoms with E-state index in [-0.39, 0.29) is 0 Å². The SMILES string of the molecule is CN[C@@H](CNC(C(=O)O)(c1ccc(N(Cc2ccccc2)Cc2ccccc2)cc1)C(F)(F)F)C(=O)OC. The molecule has 0 spiro atoms. The molecule has 3 aromatic carbocycles. The second kappa shape index (κ2) is 12.6. The van der Waals surface area contributed by atoms with Crippen LogP contribution in [0.25, 0.3) is 0 Å².